The smallest absolute Gasteiger partial charge is 0.0543 e. The van der Waals surface area contributed by atoms with Crippen LogP contribution in [0.3, 0.4) is 0 Å². The fraction of sp³-hybridized carbons (Fsp3) is 0.342. The molecule has 5 fully saturated rings. The molecule has 0 aliphatic heterocycles. The van der Waals surface area contributed by atoms with Gasteiger partial charge >= 0.3 is 0 Å². The van der Waals surface area contributed by atoms with E-state index in [9.17, 15) is 0 Å². The fourth-order valence-corrected chi connectivity index (χ4v) is 16.2. The van der Waals surface area contributed by atoms with E-state index in [2.05, 4.69) is 206 Å². The third-order valence-corrected chi connectivity index (χ3v) is 19.7. The molecule has 10 aliphatic rings. The molecule has 2 nitrogen and oxygen atoms in total. The largest absolute Gasteiger partial charge is 0.310 e. The second-order valence-electron chi connectivity index (χ2n) is 24.8. The summed E-state index contributed by atoms with van der Waals surface area (Å²) in [7, 11) is 0. The van der Waals surface area contributed by atoms with Crippen LogP contribution in [-0.4, -0.2) is 0 Å². The molecule has 0 heterocycles. The summed E-state index contributed by atoms with van der Waals surface area (Å²) in [4.78, 5) is 5.24. The maximum absolute atomic E-state index is 2.67. The van der Waals surface area contributed by atoms with Crippen molar-refractivity contribution in [1.82, 2.24) is 0 Å². The van der Waals surface area contributed by atoms with Crippen molar-refractivity contribution >= 4 is 34.1 Å². The number of nitrogens with zero attached hydrogens (tertiary/aromatic N) is 2. The van der Waals surface area contributed by atoms with E-state index in [-0.39, 0.29) is 5.41 Å². The minimum atomic E-state index is -0.140. The summed E-state index contributed by atoms with van der Waals surface area (Å²) in [6.45, 7) is 4.86. The lowest BCUT2D eigenvalue weighted by Gasteiger charge is -2.57. The van der Waals surface area contributed by atoms with Crippen LogP contribution in [-0.2, 0) is 36.5 Å². The molecule has 0 spiro atoms. The van der Waals surface area contributed by atoms with Gasteiger partial charge < -0.3 is 9.80 Å². The Kier molecular flexibility index (Phi) is 12.0. The standard InChI is InChI=1S/C73H74N2/c1-72(2)67-23-15-14-22-64(67)66-45-65(57-18-10-6-11-19-57)71(46-68(66)72)75(63-36-32-56(33-37-63)55-16-8-4-3-5-9-17-55)70-44-51-25-29-58-28-24-50(26-30-59(70)31-27-51)43-69(58)74(61-20-12-7-13-21-61)62-38-34-60(35-39-62)73-47-52-40-53(48-73)42-54(41-52)49-73/h6-7,10-15,18-24,27-28,31-39,43-46,52-55H,3-5,8-9,16-17,25-26,29-30,40-42,47-49H2,1-2H3. The third-order valence-electron chi connectivity index (χ3n) is 19.7. The number of benzene rings is 8. The fourth-order valence-electron chi connectivity index (χ4n) is 16.2. The molecule has 8 bridgehead atoms. The average Bonchev–Trinajstić information content (AvgIpc) is 3.66. The van der Waals surface area contributed by atoms with Crippen LogP contribution in [0.15, 0.2) is 182 Å². The number of rotatable bonds is 9. The van der Waals surface area contributed by atoms with Gasteiger partial charge in [-0.2, -0.15) is 0 Å². The quantitative estimate of drug-likeness (QED) is 0.142. The summed E-state index contributed by atoms with van der Waals surface area (Å²) in [5.74, 6) is 3.45. The van der Waals surface area contributed by atoms with Crippen LogP contribution in [0.5, 0.6) is 0 Å². The van der Waals surface area contributed by atoms with Crippen molar-refractivity contribution in [2.24, 2.45) is 17.8 Å². The highest BCUT2D eigenvalue weighted by atomic mass is 15.2. The van der Waals surface area contributed by atoms with Crippen molar-refractivity contribution < 1.29 is 0 Å². The highest BCUT2D eigenvalue weighted by Crippen LogP contribution is 2.61. The molecular weight excluding hydrogens is 905 g/mol. The van der Waals surface area contributed by atoms with Crippen molar-refractivity contribution in [3.05, 3.63) is 226 Å². The normalized spacial score (nSPS) is 22.4. The van der Waals surface area contributed by atoms with Crippen LogP contribution >= 0.6 is 0 Å². The molecule has 0 N–H and O–H groups in total. The molecule has 0 atom stereocenters. The van der Waals surface area contributed by atoms with Crippen LogP contribution < -0.4 is 9.80 Å². The molecular formula is C73H74N2. The second kappa shape index (κ2) is 19.2. The Labute approximate surface area is 447 Å². The highest BCUT2D eigenvalue weighted by Gasteiger charge is 2.51. The van der Waals surface area contributed by atoms with Gasteiger partial charge in [-0.15, -0.1) is 0 Å². The molecule has 0 radical (unpaired) electrons. The Bertz CT molecular complexity index is 3320. The van der Waals surface area contributed by atoms with Gasteiger partial charge in [-0.05, 0) is 228 Å². The Hall–Kier alpha value is -6.64. The monoisotopic (exact) mass is 979 g/mol. The number of hydrogen-bond donors (Lipinski definition) is 0. The van der Waals surface area contributed by atoms with Gasteiger partial charge in [0.25, 0.3) is 0 Å². The Morgan fingerprint density at radius 2 is 0.933 bits per heavy atom. The first-order chi connectivity index (χ1) is 36.8. The van der Waals surface area contributed by atoms with E-state index in [0.717, 1.165) is 43.4 Å². The summed E-state index contributed by atoms with van der Waals surface area (Å²) < 4.78 is 0. The number of para-hydroxylation sites is 1. The number of anilines is 6. The van der Waals surface area contributed by atoms with Crippen molar-refractivity contribution in [1.29, 1.82) is 0 Å². The highest BCUT2D eigenvalue weighted by molar-refractivity contribution is 5.95. The minimum absolute atomic E-state index is 0.140. The molecule has 0 unspecified atom stereocenters. The van der Waals surface area contributed by atoms with E-state index >= 15 is 0 Å². The summed E-state index contributed by atoms with van der Waals surface area (Å²) in [6.07, 6.45) is 21.8. The van der Waals surface area contributed by atoms with Crippen molar-refractivity contribution in [2.75, 3.05) is 9.80 Å². The molecule has 18 rings (SSSR count). The van der Waals surface area contributed by atoms with Gasteiger partial charge in [0.2, 0.25) is 0 Å². The maximum Gasteiger partial charge on any atom is 0.0543 e. The number of aryl methyl sites for hydroxylation is 4. The van der Waals surface area contributed by atoms with Crippen LogP contribution in [0.4, 0.5) is 34.1 Å². The average molecular weight is 979 g/mol. The number of hydrogen-bond acceptors (Lipinski definition) is 2. The predicted octanol–water partition coefficient (Wildman–Crippen LogP) is 19.8. The van der Waals surface area contributed by atoms with Crippen LogP contribution in [0, 0.1) is 17.8 Å². The topological polar surface area (TPSA) is 6.48 Å². The van der Waals surface area contributed by atoms with Crippen LogP contribution in [0.25, 0.3) is 22.3 Å². The zero-order valence-corrected chi connectivity index (χ0v) is 44.5. The Morgan fingerprint density at radius 1 is 0.400 bits per heavy atom. The third kappa shape index (κ3) is 8.56. The van der Waals surface area contributed by atoms with E-state index in [1.54, 1.807) is 5.56 Å². The lowest BCUT2D eigenvalue weighted by molar-refractivity contribution is -0.00518. The van der Waals surface area contributed by atoms with Gasteiger partial charge in [0.15, 0.2) is 0 Å². The Morgan fingerprint density at radius 3 is 1.57 bits per heavy atom. The van der Waals surface area contributed by atoms with E-state index in [0.29, 0.717) is 11.3 Å². The molecule has 10 aliphatic carbocycles. The number of fused-ring (bicyclic) bond motifs is 3. The zero-order chi connectivity index (χ0) is 50.1. The van der Waals surface area contributed by atoms with Crippen molar-refractivity contribution in [2.45, 2.75) is 140 Å². The molecule has 0 saturated heterocycles. The molecule has 0 amide bonds. The van der Waals surface area contributed by atoms with Gasteiger partial charge in [0, 0.05) is 39.4 Å². The first kappa shape index (κ1) is 46.9. The van der Waals surface area contributed by atoms with E-state index in [1.165, 1.54) is 179 Å². The molecule has 8 aromatic carbocycles. The van der Waals surface area contributed by atoms with E-state index in [1.807, 2.05) is 0 Å². The first-order valence-electron chi connectivity index (χ1n) is 29.3. The van der Waals surface area contributed by atoms with Crippen molar-refractivity contribution in [3.63, 3.8) is 0 Å². The molecule has 75 heavy (non-hydrogen) atoms. The summed E-state index contributed by atoms with van der Waals surface area (Å²) in [6, 6.07) is 71.5. The molecule has 8 aromatic rings. The molecule has 0 aromatic heterocycles. The molecule has 376 valence electrons. The molecule has 2 heteroatoms. The van der Waals surface area contributed by atoms with Crippen LogP contribution in [0.1, 0.15) is 148 Å². The summed E-state index contributed by atoms with van der Waals surface area (Å²) >= 11 is 0. The van der Waals surface area contributed by atoms with Gasteiger partial charge in [0.05, 0.1) is 5.69 Å². The summed E-state index contributed by atoms with van der Waals surface area (Å²) in [5, 5.41) is 0. The maximum atomic E-state index is 2.67. The van der Waals surface area contributed by atoms with Gasteiger partial charge in [-0.1, -0.05) is 167 Å². The molecule has 5 saturated carbocycles. The van der Waals surface area contributed by atoms with Crippen molar-refractivity contribution in [3.8, 4) is 22.3 Å². The van der Waals surface area contributed by atoms with Gasteiger partial charge in [0.1, 0.15) is 0 Å². The first-order valence-corrected chi connectivity index (χ1v) is 29.3. The van der Waals surface area contributed by atoms with E-state index < -0.39 is 0 Å². The van der Waals surface area contributed by atoms with Gasteiger partial charge in [-0.3, -0.25) is 0 Å². The van der Waals surface area contributed by atoms with Crippen LogP contribution in [0.2, 0.25) is 0 Å². The minimum Gasteiger partial charge on any atom is -0.310 e. The lowest BCUT2D eigenvalue weighted by Crippen LogP contribution is -2.48. The Balaban J connectivity index is 0.869. The van der Waals surface area contributed by atoms with E-state index in [4.69, 9.17) is 0 Å². The summed E-state index contributed by atoms with van der Waals surface area (Å²) in [5.41, 5.74) is 24.5. The van der Waals surface area contributed by atoms with Gasteiger partial charge in [-0.25, -0.2) is 0 Å². The SMILES string of the molecule is CC1(C)c2ccccc2-c2cc(-c3ccccc3)c(N(c3ccc(C4CCCCCCC4)cc3)c3cc4ccc3CCc3ccc(c(N(c5ccccc5)c5ccc(C67CC8CC(CC(C8)C6)C7)cc5)c3)CC4)cc21. The predicted molar refractivity (Wildman–Crippen MR) is 315 cm³/mol. The lowest BCUT2D eigenvalue weighted by atomic mass is 9.48. The zero-order valence-electron chi connectivity index (χ0n) is 44.5. The second-order valence-corrected chi connectivity index (χ2v) is 24.8.